The van der Waals surface area contributed by atoms with Gasteiger partial charge in [0.2, 0.25) is 10.0 Å². The first-order valence-corrected chi connectivity index (χ1v) is 9.70. The molecule has 3 heterocycles. The Bertz CT molecular complexity index is 853. The zero-order chi connectivity index (χ0) is 17.3. The lowest BCUT2D eigenvalue weighted by molar-refractivity contribution is 0.393. The summed E-state index contributed by atoms with van der Waals surface area (Å²) in [6, 6.07) is 5.42. The molecule has 1 atom stereocenters. The molecule has 3 rings (SSSR count). The van der Waals surface area contributed by atoms with E-state index in [0.29, 0.717) is 18.2 Å². The zero-order valence-electron chi connectivity index (χ0n) is 14.0. The van der Waals surface area contributed by atoms with Gasteiger partial charge < -0.3 is 5.32 Å². The quantitative estimate of drug-likeness (QED) is 0.913. The molecule has 0 spiro atoms. The predicted octanol–water partition coefficient (Wildman–Crippen LogP) is 2.33. The van der Waals surface area contributed by atoms with Crippen LogP contribution in [0.2, 0.25) is 0 Å². The summed E-state index contributed by atoms with van der Waals surface area (Å²) in [5, 5.41) is 3.20. The zero-order valence-corrected chi connectivity index (χ0v) is 14.8. The third-order valence-electron chi connectivity index (χ3n) is 4.08. The summed E-state index contributed by atoms with van der Waals surface area (Å²) in [5.41, 5.74) is 1.73. The SMILES string of the molecule is Cc1nc(Nc2ncccc2C)cc([C@H]2CCCN2S(C)(=O)=O)n1. The van der Waals surface area contributed by atoms with Crippen molar-refractivity contribution in [3.63, 3.8) is 0 Å². The lowest BCUT2D eigenvalue weighted by Crippen LogP contribution is -2.30. The van der Waals surface area contributed by atoms with Gasteiger partial charge >= 0.3 is 0 Å². The van der Waals surface area contributed by atoms with E-state index in [-0.39, 0.29) is 6.04 Å². The average Bonchev–Trinajstić information content (AvgIpc) is 2.99. The second-order valence-corrected chi connectivity index (χ2v) is 7.99. The molecule has 0 saturated carbocycles. The topological polar surface area (TPSA) is 88.1 Å². The van der Waals surface area contributed by atoms with Gasteiger partial charge in [-0.1, -0.05) is 6.07 Å². The van der Waals surface area contributed by atoms with Gasteiger partial charge in [0.05, 0.1) is 18.0 Å². The van der Waals surface area contributed by atoms with Crippen molar-refractivity contribution in [2.24, 2.45) is 0 Å². The van der Waals surface area contributed by atoms with Crippen LogP contribution in [0.5, 0.6) is 0 Å². The van der Waals surface area contributed by atoms with E-state index in [9.17, 15) is 8.42 Å². The number of nitrogens with one attached hydrogen (secondary N) is 1. The van der Waals surface area contributed by atoms with Gasteiger partial charge in [0.25, 0.3) is 0 Å². The van der Waals surface area contributed by atoms with Crippen LogP contribution in [0.25, 0.3) is 0 Å². The molecule has 24 heavy (non-hydrogen) atoms. The van der Waals surface area contributed by atoms with E-state index in [1.165, 1.54) is 10.6 Å². The Kier molecular flexibility index (Phi) is 4.51. The first-order chi connectivity index (χ1) is 11.3. The van der Waals surface area contributed by atoms with Crippen LogP contribution in [0.1, 0.15) is 36.0 Å². The summed E-state index contributed by atoms with van der Waals surface area (Å²) in [6.07, 6.45) is 4.57. The van der Waals surface area contributed by atoms with Gasteiger partial charge in [-0.3, -0.25) is 0 Å². The van der Waals surface area contributed by atoms with E-state index in [4.69, 9.17) is 0 Å². The van der Waals surface area contributed by atoms with Crippen LogP contribution in [0.15, 0.2) is 24.4 Å². The Morgan fingerprint density at radius 1 is 1.29 bits per heavy atom. The van der Waals surface area contributed by atoms with Crippen molar-refractivity contribution in [3.05, 3.63) is 41.5 Å². The van der Waals surface area contributed by atoms with Crippen LogP contribution in [-0.2, 0) is 10.0 Å². The van der Waals surface area contributed by atoms with Gasteiger partial charge in [-0.05, 0) is 38.3 Å². The monoisotopic (exact) mass is 347 g/mol. The molecule has 1 N–H and O–H groups in total. The normalized spacial score (nSPS) is 18.7. The molecule has 8 heteroatoms. The summed E-state index contributed by atoms with van der Waals surface area (Å²) >= 11 is 0. The number of rotatable bonds is 4. The van der Waals surface area contributed by atoms with E-state index < -0.39 is 10.0 Å². The van der Waals surface area contributed by atoms with E-state index in [2.05, 4.69) is 20.3 Å². The maximum Gasteiger partial charge on any atom is 0.211 e. The molecule has 1 fully saturated rings. The number of aromatic nitrogens is 3. The second-order valence-electron chi connectivity index (χ2n) is 6.05. The molecular weight excluding hydrogens is 326 g/mol. The number of sulfonamides is 1. The molecule has 0 bridgehead atoms. The van der Waals surface area contributed by atoms with E-state index in [0.717, 1.165) is 29.9 Å². The Morgan fingerprint density at radius 2 is 2.08 bits per heavy atom. The summed E-state index contributed by atoms with van der Waals surface area (Å²) < 4.78 is 25.5. The highest BCUT2D eigenvalue weighted by Gasteiger charge is 2.33. The van der Waals surface area contributed by atoms with Crippen molar-refractivity contribution in [2.75, 3.05) is 18.1 Å². The summed E-state index contributed by atoms with van der Waals surface area (Å²) in [5.74, 6) is 1.96. The lowest BCUT2D eigenvalue weighted by atomic mass is 10.1. The minimum absolute atomic E-state index is 0.230. The maximum atomic E-state index is 12.0. The van der Waals surface area contributed by atoms with Crippen molar-refractivity contribution >= 4 is 21.7 Å². The lowest BCUT2D eigenvalue weighted by Gasteiger charge is -2.22. The fourth-order valence-corrected chi connectivity index (χ4v) is 4.13. The third kappa shape index (κ3) is 3.54. The Balaban J connectivity index is 1.93. The van der Waals surface area contributed by atoms with Gasteiger partial charge in [-0.25, -0.2) is 23.4 Å². The van der Waals surface area contributed by atoms with Crippen LogP contribution < -0.4 is 5.32 Å². The van der Waals surface area contributed by atoms with Crippen LogP contribution in [0.4, 0.5) is 11.6 Å². The number of anilines is 2. The minimum Gasteiger partial charge on any atom is -0.325 e. The summed E-state index contributed by atoms with van der Waals surface area (Å²) in [6.45, 7) is 4.31. The molecular formula is C16H21N5O2S. The van der Waals surface area contributed by atoms with Crippen LogP contribution >= 0.6 is 0 Å². The fraction of sp³-hybridized carbons (Fsp3) is 0.438. The van der Waals surface area contributed by atoms with Gasteiger partial charge in [0.15, 0.2) is 0 Å². The van der Waals surface area contributed by atoms with Crippen molar-refractivity contribution < 1.29 is 8.42 Å². The van der Waals surface area contributed by atoms with E-state index >= 15 is 0 Å². The van der Waals surface area contributed by atoms with Gasteiger partial charge in [-0.2, -0.15) is 4.31 Å². The number of nitrogens with zero attached hydrogens (tertiary/aromatic N) is 4. The number of aryl methyl sites for hydroxylation is 2. The van der Waals surface area contributed by atoms with Crippen molar-refractivity contribution in [2.45, 2.75) is 32.7 Å². The molecule has 1 aliphatic heterocycles. The second kappa shape index (κ2) is 6.45. The predicted molar refractivity (Wildman–Crippen MR) is 92.6 cm³/mol. The van der Waals surface area contributed by atoms with Crippen molar-refractivity contribution in [1.29, 1.82) is 0 Å². The minimum atomic E-state index is -3.25. The summed E-state index contributed by atoms with van der Waals surface area (Å²) in [7, 11) is -3.25. The van der Waals surface area contributed by atoms with E-state index in [1.54, 1.807) is 13.1 Å². The number of hydrogen-bond acceptors (Lipinski definition) is 6. The molecule has 0 unspecified atom stereocenters. The highest BCUT2D eigenvalue weighted by Crippen LogP contribution is 2.33. The molecule has 0 aliphatic carbocycles. The number of hydrogen-bond donors (Lipinski definition) is 1. The highest BCUT2D eigenvalue weighted by molar-refractivity contribution is 7.88. The Morgan fingerprint density at radius 3 is 2.79 bits per heavy atom. The largest absolute Gasteiger partial charge is 0.325 e. The number of pyridine rings is 1. The van der Waals surface area contributed by atoms with Crippen molar-refractivity contribution in [1.82, 2.24) is 19.3 Å². The van der Waals surface area contributed by atoms with Crippen molar-refractivity contribution in [3.8, 4) is 0 Å². The molecule has 0 amide bonds. The molecule has 2 aromatic heterocycles. The molecule has 2 aromatic rings. The summed E-state index contributed by atoms with van der Waals surface area (Å²) in [4.78, 5) is 13.2. The first-order valence-electron chi connectivity index (χ1n) is 7.85. The van der Waals surface area contributed by atoms with Crippen LogP contribution in [0, 0.1) is 13.8 Å². The third-order valence-corrected chi connectivity index (χ3v) is 5.37. The van der Waals surface area contributed by atoms with Gasteiger partial charge in [-0.15, -0.1) is 0 Å². The molecule has 1 saturated heterocycles. The highest BCUT2D eigenvalue weighted by atomic mass is 32.2. The molecule has 1 aliphatic rings. The van der Waals surface area contributed by atoms with Gasteiger partial charge in [0, 0.05) is 18.8 Å². The van der Waals surface area contributed by atoms with Crippen LogP contribution in [-0.4, -0.2) is 40.5 Å². The molecule has 0 aromatic carbocycles. The molecule has 128 valence electrons. The maximum absolute atomic E-state index is 12.0. The smallest absolute Gasteiger partial charge is 0.211 e. The fourth-order valence-electron chi connectivity index (χ4n) is 3.00. The average molecular weight is 347 g/mol. The van der Waals surface area contributed by atoms with E-state index in [1.807, 2.05) is 25.1 Å². The van der Waals surface area contributed by atoms with Crippen LogP contribution in [0.3, 0.4) is 0 Å². The molecule has 0 radical (unpaired) electrons. The molecule has 7 nitrogen and oxygen atoms in total. The first kappa shape index (κ1) is 16.8. The standard InChI is InChI=1S/C16H21N5O2S/c1-11-6-4-8-17-16(11)20-15-10-13(18-12(2)19-15)14-7-5-9-21(14)24(3,22)23/h4,6,8,10,14H,5,7,9H2,1-3H3,(H,17,18,19,20)/t14-/m1/s1. The van der Waals surface area contributed by atoms with Gasteiger partial charge in [0.1, 0.15) is 17.5 Å². The Labute approximate surface area is 142 Å². The Hall–Kier alpha value is -2.06.